The first-order valence-corrected chi connectivity index (χ1v) is 5.91. The molecule has 1 heterocycles. The first-order chi connectivity index (χ1) is 8.01. The molecule has 1 aliphatic heterocycles. The van der Waals surface area contributed by atoms with Crippen LogP contribution in [0.3, 0.4) is 0 Å². The molecular formula is C12H21NO5. The van der Waals surface area contributed by atoms with Gasteiger partial charge in [-0.1, -0.05) is 0 Å². The molecule has 1 atom stereocenters. The largest absolute Gasteiger partial charge is 0.481 e. The number of carboxylic acid groups (broad SMARTS) is 1. The van der Waals surface area contributed by atoms with Crippen LogP contribution in [0.1, 0.15) is 41.0 Å². The Kier molecular flexibility index (Phi) is 3.90. The molecule has 1 N–H and O–H groups in total. The summed E-state index contributed by atoms with van der Waals surface area (Å²) in [5.74, 6) is -0.943. The number of amides is 1. The zero-order valence-corrected chi connectivity index (χ0v) is 11.5. The van der Waals surface area contributed by atoms with Gasteiger partial charge in [0.1, 0.15) is 11.3 Å². The van der Waals surface area contributed by atoms with E-state index in [0.717, 1.165) is 0 Å². The van der Waals surface area contributed by atoms with Crippen molar-refractivity contribution in [2.75, 3.05) is 6.54 Å². The van der Waals surface area contributed by atoms with Gasteiger partial charge in [-0.15, -0.1) is 0 Å². The Morgan fingerprint density at radius 1 is 1.44 bits per heavy atom. The van der Waals surface area contributed by atoms with Crippen molar-refractivity contribution < 1.29 is 24.2 Å². The van der Waals surface area contributed by atoms with Crippen LogP contribution >= 0.6 is 0 Å². The normalized spacial score (nSPS) is 22.9. The van der Waals surface area contributed by atoms with Crippen molar-refractivity contribution in [3.8, 4) is 0 Å². The average molecular weight is 259 g/mol. The van der Waals surface area contributed by atoms with Gasteiger partial charge in [0, 0.05) is 0 Å². The first kappa shape index (κ1) is 14.8. The van der Waals surface area contributed by atoms with Crippen LogP contribution in [-0.4, -0.2) is 46.0 Å². The lowest BCUT2D eigenvalue weighted by atomic mass is 10.2. The fourth-order valence-electron chi connectivity index (χ4n) is 1.84. The Balaban J connectivity index is 2.71. The molecule has 104 valence electrons. The summed E-state index contributed by atoms with van der Waals surface area (Å²) in [6.07, 6.45) is -1.10. The maximum Gasteiger partial charge on any atom is 0.412 e. The highest BCUT2D eigenvalue weighted by Crippen LogP contribution is 2.29. The van der Waals surface area contributed by atoms with Gasteiger partial charge >= 0.3 is 12.1 Å². The molecule has 6 nitrogen and oxygen atoms in total. The number of nitrogens with zero attached hydrogens (tertiary/aromatic N) is 1. The average Bonchev–Trinajstić information content (AvgIpc) is 2.36. The van der Waals surface area contributed by atoms with Gasteiger partial charge < -0.3 is 14.6 Å². The summed E-state index contributed by atoms with van der Waals surface area (Å²) < 4.78 is 10.8. The van der Waals surface area contributed by atoms with Gasteiger partial charge in [-0.3, -0.25) is 9.69 Å². The van der Waals surface area contributed by atoms with Crippen molar-refractivity contribution in [1.82, 2.24) is 4.90 Å². The predicted octanol–water partition coefficient (Wildman–Crippen LogP) is 1.83. The molecule has 6 heteroatoms. The van der Waals surface area contributed by atoms with Crippen molar-refractivity contribution in [2.45, 2.75) is 58.5 Å². The highest BCUT2D eigenvalue weighted by atomic mass is 16.6. The molecule has 0 aromatic rings. The lowest BCUT2D eigenvalue weighted by molar-refractivity contribution is -0.141. The van der Waals surface area contributed by atoms with Crippen molar-refractivity contribution in [3.63, 3.8) is 0 Å². The molecule has 0 aromatic heterocycles. The summed E-state index contributed by atoms with van der Waals surface area (Å²) in [6.45, 7) is 9.02. The topological polar surface area (TPSA) is 76.1 Å². The van der Waals surface area contributed by atoms with Gasteiger partial charge in [0.15, 0.2) is 0 Å². The molecule has 1 fully saturated rings. The van der Waals surface area contributed by atoms with Gasteiger partial charge in [-0.2, -0.15) is 0 Å². The van der Waals surface area contributed by atoms with Crippen LogP contribution in [0.4, 0.5) is 4.79 Å². The quantitative estimate of drug-likeness (QED) is 0.818. The monoisotopic (exact) mass is 259 g/mol. The SMILES string of the molecule is CC(C)(C)OC(=O)N1C[C@@H](CC(=O)O)OC1(C)C. The van der Waals surface area contributed by atoms with Crippen LogP contribution in [0.25, 0.3) is 0 Å². The van der Waals surface area contributed by atoms with Crippen molar-refractivity contribution in [2.24, 2.45) is 0 Å². The molecular weight excluding hydrogens is 238 g/mol. The Bertz CT molecular complexity index is 345. The van der Waals surface area contributed by atoms with Gasteiger partial charge in [0.2, 0.25) is 0 Å². The summed E-state index contributed by atoms with van der Waals surface area (Å²) in [5, 5.41) is 8.74. The van der Waals surface area contributed by atoms with Crippen molar-refractivity contribution in [1.29, 1.82) is 0 Å². The van der Waals surface area contributed by atoms with Crippen molar-refractivity contribution >= 4 is 12.1 Å². The Hall–Kier alpha value is -1.30. The van der Waals surface area contributed by atoms with E-state index in [1.54, 1.807) is 34.6 Å². The minimum Gasteiger partial charge on any atom is -0.481 e. The maximum atomic E-state index is 12.0. The molecule has 1 saturated heterocycles. The molecule has 18 heavy (non-hydrogen) atoms. The standard InChI is InChI=1S/C12H21NO5/c1-11(2,3)18-10(16)13-7-8(6-9(14)15)17-12(13,4)5/h8H,6-7H2,1-5H3,(H,14,15)/t8-/m1/s1. The highest BCUT2D eigenvalue weighted by molar-refractivity contribution is 5.70. The summed E-state index contributed by atoms with van der Waals surface area (Å²) in [7, 11) is 0. The predicted molar refractivity (Wildman–Crippen MR) is 64.1 cm³/mol. The molecule has 0 radical (unpaired) electrons. The van der Waals surface area contributed by atoms with E-state index in [4.69, 9.17) is 14.6 Å². The second-order valence-electron chi connectivity index (χ2n) is 5.88. The number of carbonyl (C=O) groups excluding carboxylic acids is 1. The van der Waals surface area contributed by atoms with Gasteiger partial charge in [-0.05, 0) is 34.6 Å². The van der Waals surface area contributed by atoms with Gasteiger partial charge in [0.05, 0.1) is 19.1 Å². The third-order valence-corrected chi connectivity index (χ3v) is 2.51. The van der Waals surface area contributed by atoms with E-state index in [-0.39, 0.29) is 13.0 Å². The van der Waals surface area contributed by atoms with E-state index in [9.17, 15) is 9.59 Å². The van der Waals surface area contributed by atoms with Crippen LogP contribution in [0, 0.1) is 0 Å². The number of rotatable bonds is 2. The number of hydrogen-bond acceptors (Lipinski definition) is 4. The second kappa shape index (κ2) is 4.76. The molecule has 0 bridgehead atoms. The van der Waals surface area contributed by atoms with E-state index in [0.29, 0.717) is 0 Å². The molecule has 1 aliphatic rings. The molecule has 1 rings (SSSR count). The molecule has 0 spiro atoms. The molecule has 0 aromatic carbocycles. The van der Waals surface area contributed by atoms with Crippen molar-refractivity contribution in [3.05, 3.63) is 0 Å². The van der Waals surface area contributed by atoms with Crippen LogP contribution in [0.2, 0.25) is 0 Å². The van der Waals surface area contributed by atoms with E-state index < -0.39 is 29.5 Å². The zero-order chi connectivity index (χ0) is 14.1. The van der Waals surface area contributed by atoms with E-state index in [1.807, 2.05) is 0 Å². The lowest BCUT2D eigenvalue weighted by Crippen LogP contribution is -2.46. The minimum atomic E-state index is -0.943. The molecule has 1 amide bonds. The van der Waals surface area contributed by atoms with Gasteiger partial charge in [-0.25, -0.2) is 4.79 Å². The number of aliphatic carboxylic acids is 1. The third-order valence-electron chi connectivity index (χ3n) is 2.51. The smallest absolute Gasteiger partial charge is 0.412 e. The van der Waals surface area contributed by atoms with E-state index in [2.05, 4.69) is 0 Å². The summed E-state index contributed by atoms with van der Waals surface area (Å²) in [4.78, 5) is 24.1. The van der Waals surface area contributed by atoms with E-state index >= 15 is 0 Å². The Morgan fingerprint density at radius 3 is 2.44 bits per heavy atom. The van der Waals surface area contributed by atoms with E-state index in [1.165, 1.54) is 4.90 Å². The summed E-state index contributed by atoms with van der Waals surface area (Å²) in [5.41, 5.74) is -1.43. The summed E-state index contributed by atoms with van der Waals surface area (Å²) >= 11 is 0. The molecule has 0 saturated carbocycles. The highest BCUT2D eigenvalue weighted by Gasteiger charge is 2.44. The fourth-order valence-corrected chi connectivity index (χ4v) is 1.84. The Labute approximate surface area is 107 Å². The maximum absolute atomic E-state index is 12.0. The molecule has 0 aliphatic carbocycles. The minimum absolute atomic E-state index is 0.122. The number of carboxylic acids is 1. The zero-order valence-electron chi connectivity index (χ0n) is 11.5. The van der Waals surface area contributed by atoms with Crippen LogP contribution in [-0.2, 0) is 14.3 Å². The van der Waals surface area contributed by atoms with Crippen LogP contribution in [0.5, 0.6) is 0 Å². The number of hydrogen-bond donors (Lipinski definition) is 1. The second-order valence-corrected chi connectivity index (χ2v) is 5.88. The number of carbonyl (C=O) groups is 2. The Morgan fingerprint density at radius 2 is 2.00 bits per heavy atom. The first-order valence-electron chi connectivity index (χ1n) is 5.91. The third kappa shape index (κ3) is 3.87. The lowest BCUT2D eigenvalue weighted by Gasteiger charge is -2.31. The van der Waals surface area contributed by atoms with Gasteiger partial charge in [0.25, 0.3) is 0 Å². The van der Waals surface area contributed by atoms with Crippen LogP contribution in [0.15, 0.2) is 0 Å². The van der Waals surface area contributed by atoms with Crippen LogP contribution < -0.4 is 0 Å². The molecule has 0 unspecified atom stereocenters. The number of ether oxygens (including phenoxy) is 2. The fraction of sp³-hybridized carbons (Fsp3) is 0.833. The summed E-state index contributed by atoms with van der Waals surface area (Å²) in [6, 6.07) is 0.